The van der Waals surface area contributed by atoms with Crippen LogP contribution in [0.25, 0.3) is 0 Å². The van der Waals surface area contributed by atoms with Gasteiger partial charge in [-0.1, -0.05) is 42.5 Å². The van der Waals surface area contributed by atoms with E-state index in [2.05, 4.69) is 20.9 Å². The summed E-state index contributed by atoms with van der Waals surface area (Å²) in [4.78, 5) is 55.5. The number of carboxylic acids is 1. The van der Waals surface area contributed by atoms with Crippen molar-refractivity contribution in [1.82, 2.24) is 16.0 Å². The standard InChI is InChI=1S/C29H42N8O6/c30-14-4-8-23(28(42)43)36-27(41)24(17-18-6-2-1-3-7-18)37-26(40)22(9-5-15-34-29(32)33)35-25(39)21(31)16-19-10-12-20(38)13-11-19/h1-3,6-7,10-13,21-24,38H,4-5,8-9,14-17,30-31H2,(H,35,39)(H,36,41)(H,37,40)(H,42,43)(H4,32,33,34)/t21-,22+,23-,24-/m0/s1. The summed E-state index contributed by atoms with van der Waals surface area (Å²) >= 11 is 0. The smallest absolute Gasteiger partial charge is 0.326 e. The number of nitrogens with zero attached hydrogens (tertiary/aromatic N) is 1. The number of amides is 3. The van der Waals surface area contributed by atoms with Crippen molar-refractivity contribution in [2.24, 2.45) is 27.9 Å². The Morgan fingerprint density at radius 3 is 1.91 bits per heavy atom. The second-order valence-corrected chi connectivity index (χ2v) is 10.1. The second kappa shape index (κ2) is 18.0. The lowest BCUT2D eigenvalue weighted by Gasteiger charge is -2.25. The summed E-state index contributed by atoms with van der Waals surface area (Å²) in [5, 5.41) is 26.9. The summed E-state index contributed by atoms with van der Waals surface area (Å²) < 4.78 is 0. The lowest BCUT2D eigenvalue weighted by atomic mass is 10.0. The number of carbonyl (C=O) groups is 4. The fourth-order valence-electron chi connectivity index (χ4n) is 4.21. The van der Waals surface area contributed by atoms with Crippen molar-refractivity contribution >= 4 is 29.7 Å². The number of hydrogen-bond donors (Lipinski definition) is 9. The SMILES string of the molecule is NCCC[C@H](NC(=O)[C@H](Cc1ccccc1)NC(=O)[C@@H](CCCN=C(N)N)NC(=O)[C@@H](N)Cc1ccc(O)cc1)C(=O)O. The molecule has 0 spiro atoms. The Morgan fingerprint density at radius 1 is 0.744 bits per heavy atom. The molecule has 0 fully saturated rings. The zero-order valence-electron chi connectivity index (χ0n) is 23.9. The Morgan fingerprint density at radius 2 is 1.30 bits per heavy atom. The van der Waals surface area contributed by atoms with E-state index in [1.165, 1.54) is 12.1 Å². The van der Waals surface area contributed by atoms with E-state index in [0.717, 1.165) is 5.56 Å². The van der Waals surface area contributed by atoms with Crippen molar-refractivity contribution in [2.75, 3.05) is 13.1 Å². The summed E-state index contributed by atoms with van der Waals surface area (Å²) in [5.74, 6) is -3.24. The average molecular weight is 599 g/mol. The molecule has 0 unspecified atom stereocenters. The normalized spacial score (nSPS) is 13.5. The van der Waals surface area contributed by atoms with E-state index in [4.69, 9.17) is 22.9 Å². The highest BCUT2D eigenvalue weighted by Gasteiger charge is 2.30. The summed E-state index contributed by atoms with van der Waals surface area (Å²) in [6.45, 7) is 0.441. The molecule has 0 aliphatic rings. The molecule has 0 aliphatic heterocycles. The zero-order valence-corrected chi connectivity index (χ0v) is 23.9. The average Bonchev–Trinajstić information content (AvgIpc) is 2.97. The molecule has 2 aromatic carbocycles. The predicted molar refractivity (Wildman–Crippen MR) is 162 cm³/mol. The first-order valence-corrected chi connectivity index (χ1v) is 14.0. The van der Waals surface area contributed by atoms with E-state index in [1.54, 1.807) is 42.5 Å². The van der Waals surface area contributed by atoms with Gasteiger partial charge in [0.25, 0.3) is 0 Å². The molecule has 2 rings (SSSR count). The lowest BCUT2D eigenvalue weighted by molar-refractivity contribution is -0.142. The molecule has 0 aliphatic carbocycles. The van der Waals surface area contributed by atoms with Gasteiger partial charge in [-0.2, -0.15) is 0 Å². The van der Waals surface area contributed by atoms with E-state index in [1.807, 2.05) is 0 Å². The number of aliphatic carboxylic acids is 1. The number of aliphatic imine (C=N–C) groups is 1. The van der Waals surface area contributed by atoms with Crippen LogP contribution >= 0.6 is 0 Å². The van der Waals surface area contributed by atoms with Gasteiger partial charge >= 0.3 is 5.97 Å². The first-order valence-electron chi connectivity index (χ1n) is 14.0. The summed E-state index contributed by atoms with van der Waals surface area (Å²) in [5.41, 5.74) is 23.8. The van der Waals surface area contributed by atoms with Gasteiger partial charge in [-0.25, -0.2) is 4.79 Å². The third kappa shape index (κ3) is 12.8. The van der Waals surface area contributed by atoms with Crippen LogP contribution in [0.4, 0.5) is 0 Å². The van der Waals surface area contributed by atoms with Gasteiger partial charge in [0.05, 0.1) is 6.04 Å². The van der Waals surface area contributed by atoms with E-state index in [-0.39, 0.29) is 50.5 Å². The molecule has 43 heavy (non-hydrogen) atoms. The summed E-state index contributed by atoms with van der Waals surface area (Å²) in [6, 6.07) is 10.6. The molecule has 14 nitrogen and oxygen atoms in total. The Bertz CT molecular complexity index is 1220. The van der Waals surface area contributed by atoms with Crippen LogP contribution in [0.15, 0.2) is 59.6 Å². The molecular weight excluding hydrogens is 556 g/mol. The van der Waals surface area contributed by atoms with Crippen LogP contribution in [0.2, 0.25) is 0 Å². The number of rotatable bonds is 18. The quantitative estimate of drug-likeness (QED) is 0.0564. The highest BCUT2D eigenvalue weighted by Crippen LogP contribution is 2.12. The maximum absolute atomic E-state index is 13.5. The van der Waals surface area contributed by atoms with Gasteiger partial charge in [0.15, 0.2) is 5.96 Å². The van der Waals surface area contributed by atoms with Crippen LogP contribution in [-0.2, 0) is 32.0 Å². The monoisotopic (exact) mass is 598 g/mol. The van der Waals surface area contributed by atoms with Crippen molar-refractivity contribution in [3.8, 4) is 5.75 Å². The maximum Gasteiger partial charge on any atom is 0.326 e. The largest absolute Gasteiger partial charge is 0.508 e. The van der Waals surface area contributed by atoms with Gasteiger partial charge in [0, 0.05) is 13.0 Å². The van der Waals surface area contributed by atoms with Crippen LogP contribution < -0.4 is 38.9 Å². The van der Waals surface area contributed by atoms with Crippen LogP contribution in [0, 0.1) is 0 Å². The van der Waals surface area contributed by atoms with Crippen molar-refractivity contribution < 1.29 is 29.4 Å². The van der Waals surface area contributed by atoms with Crippen LogP contribution in [0.5, 0.6) is 5.75 Å². The van der Waals surface area contributed by atoms with Crippen molar-refractivity contribution in [2.45, 2.75) is 62.7 Å². The second-order valence-electron chi connectivity index (χ2n) is 10.1. The van der Waals surface area contributed by atoms with Crippen molar-refractivity contribution in [3.63, 3.8) is 0 Å². The molecule has 3 amide bonds. The lowest BCUT2D eigenvalue weighted by Crippen LogP contribution is -2.57. The highest BCUT2D eigenvalue weighted by atomic mass is 16.4. The van der Waals surface area contributed by atoms with Gasteiger partial charge < -0.3 is 49.1 Å². The molecule has 4 atom stereocenters. The molecule has 14 heteroatoms. The molecule has 13 N–H and O–H groups in total. The van der Waals surface area contributed by atoms with Gasteiger partial charge in [-0.05, 0) is 61.9 Å². The van der Waals surface area contributed by atoms with Gasteiger partial charge in [-0.15, -0.1) is 0 Å². The molecule has 0 radical (unpaired) electrons. The Balaban J connectivity index is 2.23. The van der Waals surface area contributed by atoms with E-state index < -0.39 is 47.9 Å². The maximum atomic E-state index is 13.5. The highest BCUT2D eigenvalue weighted by molar-refractivity contribution is 5.94. The fraction of sp³-hybridized carbons (Fsp3) is 0.414. The summed E-state index contributed by atoms with van der Waals surface area (Å²) in [7, 11) is 0. The van der Waals surface area contributed by atoms with Crippen molar-refractivity contribution in [3.05, 3.63) is 65.7 Å². The van der Waals surface area contributed by atoms with E-state index >= 15 is 0 Å². The molecular formula is C29H42N8O6. The van der Waals surface area contributed by atoms with E-state index in [9.17, 15) is 29.4 Å². The molecule has 0 aromatic heterocycles. The van der Waals surface area contributed by atoms with Crippen LogP contribution in [0.1, 0.15) is 36.8 Å². The number of guanidine groups is 1. The number of benzene rings is 2. The number of aromatic hydroxyl groups is 1. The Labute approximate surface area is 250 Å². The first-order chi connectivity index (χ1) is 20.5. The number of phenols is 1. The topological polar surface area (TPSA) is 261 Å². The number of carboxylic acid groups (broad SMARTS) is 1. The first kappa shape index (κ1) is 34.5. The minimum Gasteiger partial charge on any atom is -0.508 e. The summed E-state index contributed by atoms with van der Waals surface area (Å²) in [6.07, 6.45) is 1.14. The van der Waals surface area contributed by atoms with E-state index in [0.29, 0.717) is 18.4 Å². The minimum absolute atomic E-state index is 0.0661. The van der Waals surface area contributed by atoms with Crippen LogP contribution in [0.3, 0.4) is 0 Å². The van der Waals surface area contributed by atoms with Crippen LogP contribution in [-0.4, -0.2) is 77.1 Å². The zero-order chi connectivity index (χ0) is 31.8. The number of nitrogens with one attached hydrogen (secondary N) is 3. The third-order valence-electron chi connectivity index (χ3n) is 6.53. The molecule has 0 saturated heterocycles. The Kier molecular flexibility index (Phi) is 14.4. The number of carbonyl (C=O) groups excluding carboxylic acids is 3. The number of phenolic OH excluding ortho intramolecular Hbond substituents is 1. The van der Waals surface area contributed by atoms with Crippen molar-refractivity contribution in [1.29, 1.82) is 0 Å². The predicted octanol–water partition coefficient (Wildman–Crippen LogP) is -1.16. The molecule has 234 valence electrons. The third-order valence-corrected chi connectivity index (χ3v) is 6.53. The van der Waals surface area contributed by atoms with Gasteiger partial charge in [0.1, 0.15) is 23.9 Å². The molecule has 0 bridgehead atoms. The molecule has 0 saturated carbocycles. The Hall–Kier alpha value is -4.69. The minimum atomic E-state index is -1.22. The van der Waals surface area contributed by atoms with Gasteiger partial charge in [0.2, 0.25) is 17.7 Å². The fourth-order valence-corrected chi connectivity index (χ4v) is 4.21. The number of nitrogens with two attached hydrogens (primary N) is 4. The number of hydrogen-bond acceptors (Lipinski definition) is 8. The molecule has 2 aromatic rings. The van der Waals surface area contributed by atoms with Gasteiger partial charge in [-0.3, -0.25) is 19.4 Å². The molecule has 0 heterocycles.